The van der Waals surface area contributed by atoms with Gasteiger partial charge in [0.05, 0.1) is 16.9 Å². The molecule has 1 N–H and O–H groups in total. The second-order valence-electron chi connectivity index (χ2n) is 4.07. The van der Waals surface area contributed by atoms with Crippen LogP contribution < -0.4 is 0 Å². The summed E-state index contributed by atoms with van der Waals surface area (Å²) < 4.78 is 23.4. The standard InChI is InChI=1S/C12H16BrClO3S/c1-2-18(16,17)7-3-4-12(15)9-5-6-10(13)11(14)8-9/h5-6,8,12,15H,2-4,7H2,1H3. The minimum absolute atomic E-state index is 0.116. The van der Waals surface area contributed by atoms with Crippen molar-refractivity contribution in [2.24, 2.45) is 0 Å². The topological polar surface area (TPSA) is 54.4 Å². The number of halogens is 2. The highest BCUT2D eigenvalue weighted by atomic mass is 79.9. The largest absolute Gasteiger partial charge is 0.388 e. The van der Waals surface area contributed by atoms with E-state index in [-0.39, 0.29) is 11.5 Å². The van der Waals surface area contributed by atoms with E-state index in [1.807, 2.05) is 0 Å². The zero-order chi connectivity index (χ0) is 13.8. The first-order chi connectivity index (χ1) is 8.35. The van der Waals surface area contributed by atoms with Crippen molar-refractivity contribution >= 4 is 37.4 Å². The number of hydrogen-bond acceptors (Lipinski definition) is 3. The van der Waals surface area contributed by atoms with Crippen LogP contribution in [0.4, 0.5) is 0 Å². The van der Waals surface area contributed by atoms with Gasteiger partial charge in [-0.25, -0.2) is 8.42 Å². The predicted molar refractivity (Wildman–Crippen MR) is 77.7 cm³/mol. The van der Waals surface area contributed by atoms with E-state index in [2.05, 4.69) is 15.9 Å². The summed E-state index contributed by atoms with van der Waals surface area (Å²) in [4.78, 5) is 0. The zero-order valence-electron chi connectivity index (χ0n) is 10.1. The highest BCUT2D eigenvalue weighted by molar-refractivity contribution is 9.10. The maximum atomic E-state index is 11.3. The third-order valence-electron chi connectivity index (χ3n) is 2.70. The van der Waals surface area contributed by atoms with E-state index in [4.69, 9.17) is 11.6 Å². The fraction of sp³-hybridized carbons (Fsp3) is 0.500. The molecule has 0 amide bonds. The maximum Gasteiger partial charge on any atom is 0.150 e. The third-order valence-corrected chi connectivity index (χ3v) is 5.72. The summed E-state index contributed by atoms with van der Waals surface area (Å²) in [5, 5.41) is 10.5. The average Bonchev–Trinajstić information content (AvgIpc) is 2.32. The molecule has 0 aliphatic rings. The van der Waals surface area contributed by atoms with Crippen LogP contribution in [0.25, 0.3) is 0 Å². The molecule has 0 spiro atoms. The fourth-order valence-electron chi connectivity index (χ4n) is 1.53. The van der Waals surface area contributed by atoms with Crippen LogP contribution in [0.2, 0.25) is 5.02 Å². The molecule has 1 atom stereocenters. The molecular formula is C12H16BrClO3S. The van der Waals surface area contributed by atoms with Gasteiger partial charge in [-0.3, -0.25) is 0 Å². The van der Waals surface area contributed by atoms with Gasteiger partial charge in [0, 0.05) is 10.2 Å². The summed E-state index contributed by atoms with van der Waals surface area (Å²) in [6.07, 6.45) is 0.185. The van der Waals surface area contributed by atoms with E-state index in [0.29, 0.717) is 23.4 Å². The lowest BCUT2D eigenvalue weighted by Gasteiger charge is -2.11. The molecule has 0 fully saturated rings. The van der Waals surface area contributed by atoms with Crippen LogP contribution in [0.1, 0.15) is 31.4 Å². The highest BCUT2D eigenvalue weighted by Gasteiger charge is 2.12. The number of hydrogen-bond donors (Lipinski definition) is 1. The molecule has 0 saturated heterocycles. The van der Waals surface area contributed by atoms with Crippen LogP contribution >= 0.6 is 27.5 Å². The molecule has 0 aromatic heterocycles. The average molecular weight is 356 g/mol. The van der Waals surface area contributed by atoms with Crippen molar-refractivity contribution in [2.45, 2.75) is 25.9 Å². The minimum atomic E-state index is -2.96. The minimum Gasteiger partial charge on any atom is -0.388 e. The van der Waals surface area contributed by atoms with E-state index in [9.17, 15) is 13.5 Å². The van der Waals surface area contributed by atoms with Gasteiger partial charge < -0.3 is 5.11 Å². The maximum absolute atomic E-state index is 11.3. The normalized spacial score (nSPS) is 13.6. The van der Waals surface area contributed by atoms with Crippen LogP contribution in [0.5, 0.6) is 0 Å². The van der Waals surface area contributed by atoms with Crippen LogP contribution in [0.15, 0.2) is 22.7 Å². The Hall–Kier alpha value is -0.100. The molecule has 0 saturated carbocycles. The van der Waals surface area contributed by atoms with Crippen LogP contribution in [0.3, 0.4) is 0 Å². The van der Waals surface area contributed by atoms with Gasteiger partial charge in [0.1, 0.15) is 9.84 Å². The van der Waals surface area contributed by atoms with Gasteiger partial charge in [-0.15, -0.1) is 0 Å². The van der Waals surface area contributed by atoms with Crippen molar-refractivity contribution in [3.63, 3.8) is 0 Å². The Balaban J connectivity index is 2.55. The third kappa shape index (κ3) is 4.88. The Bertz CT molecular complexity index is 502. The van der Waals surface area contributed by atoms with Crippen molar-refractivity contribution in [2.75, 3.05) is 11.5 Å². The van der Waals surface area contributed by atoms with E-state index in [1.54, 1.807) is 25.1 Å². The Kier molecular flexibility index (Phi) is 6.11. The predicted octanol–water partition coefficient (Wildman–Crippen LogP) is 3.35. The molecule has 1 rings (SSSR count). The van der Waals surface area contributed by atoms with Gasteiger partial charge in [0.25, 0.3) is 0 Å². The van der Waals surface area contributed by atoms with Crippen molar-refractivity contribution in [1.29, 1.82) is 0 Å². The van der Waals surface area contributed by atoms with Gasteiger partial charge in [-0.05, 0) is 46.5 Å². The molecule has 1 unspecified atom stereocenters. The summed E-state index contributed by atoms with van der Waals surface area (Å²) in [5.41, 5.74) is 0.706. The van der Waals surface area contributed by atoms with Crippen molar-refractivity contribution < 1.29 is 13.5 Å². The van der Waals surface area contributed by atoms with E-state index in [1.165, 1.54) is 0 Å². The van der Waals surface area contributed by atoms with Gasteiger partial charge in [0.15, 0.2) is 0 Å². The van der Waals surface area contributed by atoms with Gasteiger partial charge in [0.2, 0.25) is 0 Å². The van der Waals surface area contributed by atoms with Gasteiger partial charge in [-0.2, -0.15) is 0 Å². The van der Waals surface area contributed by atoms with Crippen LogP contribution in [-0.4, -0.2) is 25.0 Å². The first-order valence-corrected chi connectivity index (χ1v) is 8.68. The van der Waals surface area contributed by atoms with E-state index >= 15 is 0 Å². The number of rotatable bonds is 6. The first kappa shape index (κ1) is 16.0. The lowest BCUT2D eigenvalue weighted by Crippen LogP contribution is -2.10. The zero-order valence-corrected chi connectivity index (χ0v) is 13.2. The number of sulfone groups is 1. The van der Waals surface area contributed by atoms with Crippen LogP contribution in [-0.2, 0) is 9.84 Å². The molecule has 0 heterocycles. The van der Waals surface area contributed by atoms with E-state index in [0.717, 1.165) is 4.47 Å². The fourth-order valence-corrected chi connectivity index (χ4v) is 2.86. The lowest BCUT2D eigenvalue weighted by atomic mass is 10.1. The van der Waals surface area contributed by atoms with Crippen molar-refractivity contribution in [1.82, 2.24) is 0 Å². The first-order valence-electron chi connectivity index (χ1n) is 5.69. The summed E-state index contributed by atoms with van der Waals surface area (Å²) in [5.74, 6) is 0.262. The Morgan fingerprint density at radius 2 is 2.11 bits per heavy atom. The number of aliphatic hydroxyl groups is 1. The molecular weight excluding hydrogens is 340 g/mol. The Morgan fingerprint density at radius 3 is 2.67 bits per heavy atom. The van der Waals surface area contributed by atoms with Gasteiger partial charge in [-0.1, -0.05) is 24.6 Å². The smallest absolute Gasteiger partial charge is 0.150 e. The summed E-state index contributed by atoms with van der Waals surface area (Å²) in [7, 11) is -2.96. The van der Waals surface area contributed by atoms with Gasteiger partial charge >= 0.3 is 0 Å². The number of benzene rings is 1. The van der Waals surface area contributed by atoms with Crippen molar-refractivity contribution in [3.05, 3.63) is 33.3 Å². The summed E-state index contributed by atoms with van der Waals surface area (Å²) in [6, 6.07) is 5.23. The molecule has 0 bridgehead atoms. The quantitative estimate of drug-likeness (QED) is 0.851. The Labute approximate surface area is 121 Å². The highest BCUT2D eigenvalue weighted by Crippen LogP contribution is 2.27. The van der Waals surface area contributed by atoms with E-state index < -0.39 is 15.9 Å². The molecule has 0 aliphatic carbocycles. The Morgan fingerprint density at radius 1 is 1.44 bits per heavy atom. The number of aliphatic hydroxyl groups excluding tert-OH is 1. The summed E-state index contributed by atoms with van der Waals surface area (Å²) >= 11 is 9.21. The monoisotopic (exact) mass is 354 g/mol. The molecule has 3 nitrogen and oxygen atoms in total. The molecule has 1 aromatic carbocycles. The van der Waals surface area contributed by atoms with Crippen molar-refractivity contribution in [3.8, 4) is 0 Å². The van der Waals surface area contributed by atoms with Crippen LogP contribution in [0, 0.1) is 0 Å². The molecule has 1 aromatic rings. The lowest BCUT2D eigenvalue weighted by molar-refractivity contribution is 0.166. The summed E-state index contributed by atoms with van der Waals surface area (Å²) in [6.45, 7) is 1.63. The second-order valence-corrected chi connectivity index (χ2v) is 7.80. The molecule has 0 radical (unpaired) electrons. The molecule has 102 valence electrons. The molecule has 18 heavy (non-hydrogen) atoms. The molecule has 6 heteroatoms. The SMILES string of the molecule is CCS(=O)(=O)CCCC(O)c1ccc(Br)c(Cl)c1. The molecule has 0 aliphatic heterocycles. The second kappa shape index (κ2) is 6.89.